The lowest BCUT2D eigenvalue weighted by atomic mass is 9.97. The Hall–Kier alpha value is -9.19. The first-order valence-corrected chi connectivity index (χ1v) is 22.9. The summed E-state index contributed by atoms with van der Waals surface area (Å²) < 4.78 is 8.93. The Morgan fingerprint density at radius 1 is 0.279 bits per heavy atom. The van der Waals surface area contributed by atoms with Crippen molar-refractivity contribution in [2.75, 3.05) is 0 Å². The van der Waals surface area contributed by atoms with Gasteiger partial charge in [-0.1, -0.05) is 194 Å². The van der Waals surface area contributed by atoms with Gasteiger partial charge in [-0.15, -0.1) is 0 Å². The summed E-state index contributed by atoms with van der Waals surface area (Å²) in [6, 6.07) is 85.2. The highest BCUT2D eigenvalue weighted by Crippen LogP contribution is 2.41. The van der Waals surface area contributed by atoms with E-state index in [9.17, 15) is 0 Å². The van der Waals surface area contributed by atoms with Crippen LogP contribution in [-0.4, -0.2) is 19.5 Å². The Balaban J connectivity index is 1.01. The first-order valence-electron chi connectivity index (χ1n) is 22.9. The van der Waals surface area contributed by atoms with E-state index in [2.05, 4.69) is 223 Å². The topological polar surface area (TPSA) is 56.7 Å². The van der Waals surface area contributed by atoms with Gasteiger partial charge >= 0.3 is 0 Å². The molecular formula is C63H40N4O. The highest BCUT2D eigenvalue weighted by Gasteiger charge is 2.21. The van der Waals surface area contributed by atoms with Crippen LogP contribution < -0.4 is 0 Å². The number of para-hydroxylation sites is 3. The molecule has 3 heterocycles. The van der Waals surface area contributed by atoms with Crippen molar-refractivity contribution in [3.05, 3.63) is 243 Å². The number of rotatable bonds is 8. The van der Waals surface area contributed by atoms with Gasteiger partial charge in [0.1, 0.15) is 11.2 Å². The van der Waals surface area contributed by atoms with E-state index < -0.39 is 0 Å². The van der Waals surface area contributed by atoms with Gasteiger partial charge in [-0.05, 0) is 87.5 Å². The predicted octanol–water partition coefficient (Wildman–Crippen LogP) is 16.5. The van der Waals surface area contributed by atoms with E-state index >= 15 is 0 Å². The lowest BCUT2D eigenvalue weighted by molar-refractivity contribution is 0.670. The van der Waals surface area contributed by atoms with E-state index in [1.165, 1.54) is 10.8 Å². The van der Waals surface area contributed by atoms with Crippen molar-refractivity contribution < 1.29 is 4.42 Å². The minimum absolute atomic E-state index is 0.592. The van der Waals surface area contributed by atoms with Crippen molar-refractivity contribution in [2.45, 2.75) is 0 Å². The van der Waals surface area contributed by atoms with E-state index in [4.69, 9.17) is 19.4 Å². The number of hydrogen-bond acceptors (Lipinski definition) is 4. The summed E-state index contributed by atoms with van der Waals surface area (Å²) in [4.78, 5) is 15.9. The van der Waals surface area contributed by atoms with E-state index in [0.29, 0.717) is 17.5 Å². The molecule has 0 bridgehead atoms. The summed E-state index contributed by atoms with van der Waals surface area (Å²) in [7, 11) is 0. The van der Waals surface area contributed by atoms with E-state index in [0.717, 1.165) is 99.9 Å². The molecule has 68 heavy (non-hydrogen) atoms. The molecule has 0 radical (unpaired) electrons. The summed E-state index contributed by atoms with van der Waals surface area (Å²) in [5, 5.41) is 4.59. The van der Waals surface area contributed by atoms with Crippen molar-refractivity contribution >= 4 is 43.7 Å². The molecule has 0 aliphatic carbocycles. The third kappa shape index (κ3) is 6.84. The molecule has 0 saturated heterocycles. The molecule has 3 aromatic heterocycles. The van der Waals surface area contributed by atoms with Crippen LogP contribution in [-0.2, 0) is 0 Å². The van der Waals surface area contributed by atoms with Crippen LogP contribution in [0.25, 0.3) is 128 Å². The Morgan fingerprint density at radius 2 is 0.809 bits per heavy atom. The molecule has 318 valence electrons. The Morgan fingerprint density at radius 3 is 1.50 bits per heavy atom. The average molecular weight is 869 g/mol. The molecule has 10 aromatic carbocycles. The molecule has 0 fully saturated rings. The van der Waals surface area contributed by atoms with Gasteiger partial charge in [0.05, 0.1) is 11.0 Å². The van der Waals surface area contributed by atoms with Gasteiger partial charge in [-0.25, -0.2) is 15.0 Å². The second-order valence-corrected chi connectivity index (χ2v) is 17.2. The Bertz CT molecular complexity index is 3920. The number of furan rings is 1. The van der Waals surface area contributed by atoms with Gasteiger partial charge in [-0.3, -0.25) is 0 Å². The molecule has 0 saturated carbocycles. The summed E-state index contributed by atoms with van der Waals surface area (Å²) >= 11 is 0. The average Bonchev–Trinajstić information content (AvgIpc) is 3.97. The van der Waals surface area contributed by atoms with Crippen LogP contribution in [0, 0.1) is 0 Å². The Labute approximate surface area is 392 Å². The third-order valence-electron chi connectivity index (χ3n) is 13.1. The van der Waals surface area contributed by atoms with Gasteiger partial charge in [-0.2, -0.15) is 0 Å². The molecule has 0 aliphatic heterocycles. The van der Waals surface area contributed by atoms with Gasteiger partial charge in [0.15, 0.2) is 17.5 Å². The molecular weight excluding hydrogens is 829 g/mol. The van der Waals surface area contributed by atoms with Crippen molar-refractivity contribution in [1.29, 1.82) is 0 Å². The number of fused-ring (bicyclic) bond motifs is 6. The monoisotopic (exact) mass is 868 g/mol. The molecule has 0 spiro atoms. The second kappa shape index (κ2) is 16.4. The molecule has 13 rings (SSSR count). The van der Waals surface area contributed by atoms with Crippen LogP contribution >= 0.6 is 0 Å². The van der Waals surface area contributed by atoms with Crippen LogP contribution in [0.5, 0.6) is 0 Å². The van der Waals surface area contributed by atoms with Crippen LogP contribution in [0.1, 0.15) is 0 Å². The summed E-state index contributed by atoms with van der Waals surface area (Å²) in [6.45, 7) is 0. The largest absolute Gasteiger partial charge is 0.455 e. The maximum atomic E-state index is 6.55. The maximum absolute atomic E-state index is 6.55. The second-order valence-electron chi connectivity index (χ2n) is 17.2. The fourth-order valence-electron chi connectivity index (χ4n) is 9.81. The van der Waals surface area contributed by atoms with Crippen LogP contribution in [0.15, 0.2) is 247 Å². The molecule has 0 atom stereocenters. The van der Waals surface area contributed by atoms with E-state index in [1.807, 2.05) is 24.3 Å². The summed E-state index contributed by atoms with van der Waals surface area (Å²) in [6.07, 6.45) is 0. The Kier molecular flexibility index (Phi) is 9.43. The minimum Gasteiger partial charge on any atom is -0.455 e. The molecule has 5 nitrogen and oxygen atoms in total. The maximum Gasteiger partial charge on any atom is 0.164 e. The zero-order chi connectivity index (χ0) is 45.0. The van der Waals surface area contributed by atoms with E-state index in [1.54, 1.807) is 0 Å². The quantitative estimate of drug-likeness (QED) is 0.153. The fourth-order valence-corrected chi connectivity index (χ4v) is 9.81. The highest BCUT2D eigenvalue weighted by molar-refractivity contribution is 6.13. The zero-order valence-electron chi connectivity index (χ0n) is 36.8. The van der Waals surface area contributed by atoms with Crippen molar-refractivity contribution in [3.63, 3.8) is 0 Å². The molecule has 0 unspecified atom stereocenters. The van der Waals surface area contributed by atoms with Crippen molar-refractivity contribution in [3.8, 4) is 84.4 Å². The standard InChI is InChI=1S/C63H40N4O/c1-4-17-41(18-5-1)44-23-14-25-47(37-44)61-64-62(48-26-15-24-45(38-48)42-19-6-2-7-20-42)66-63(65-61)55-36-34-49(40-56(55)43-21-8-3-9-22-43)67-57-31-12-10-27-51(57)52-35-33-46(39-58(52)67)50-29-16-30-54-53-28-11-13-32-59(53)68-60(50)54/h1-40H. The number of hydrogen-bond donors (Lipinski definition) is 0. The molecule has 0 amide bonds. The van der Waals surface area contributed by atoms with E-state index in [-0.39, 0.29) is 0 Å². The van der Waals surface area contributed by atoms with Crippen LogP contribution in [0.4, 0.5) is 0 Å². The van der Waals surface area contributed by atoms with Crippen LogP contribution in [0.2, 0.25) is 0 Å². The first-order chi connectivity index (χ1) is 33.7. The van der Waals surface area contributed by atoms with Gasteiger partial charge in [0, 0.05) is 49.5 Å². The number of benzene rings is 10. The lowest BCUT2D eigenvalue weighted by Gasteiger charge is -2.16. The zero-order valence-corrected chi connectivity index (χ0v) is 36.8. The molecule has 0 aliphatic rings. The van der Waals surface area contributed by atoms with Crippen molar-refractivity contribution in [2.24, 2.45) is 0 Å². The molecule has 0 N–H and O–H groups in total. The minimum atomic E-state index is 0.592. The van der Waals surface area contributed by atoms with Gasteiger partial charge in [0.25, 0.3) is 0 Å². The fraction of sp³-hybridized carbons (Fsp3) is 0. The smallest absolute Gasteiger partial charge is 0.164 e. The van der Waals surface area contributed by atoms with Crippen molar-refractivity contribution in [1.82, 2.24) is 19.5 Å². The van der Waals surface area contributed by atoms with Crippen LogP contribution in [0.3, 0.4) is 0 Å². The van der Waals surface area contributed by atoms with Gasteiger partial charge in [0.2, 0.25) is 0 Å². The third-order valence-corrected chi connectivity index (χ3v) is 13.1. The summed E-state index contributed by atoms with van der Waals surface area (Å²) in [5.41, 5.74) is 16.4. The predicted molar refractivity (Wildman–Crippen MR) is 279 cm³/mol. The lowest BCUT2D eigenvalue weighted by Crippen LogP contribution is -2.02. The normalized spacial score (nSPS) is 11.5. The highest BCUT2D eigenvalue weighted by atomic mass is 16.3. The molecule has 13 aromatic rings. The summed E-state index contributed by atoms with van der Waals surface area (Å²) in [5.74, 6) is 1.80. The first kappa shape index (κ1) is 39.2. The molecule has 5 heteroatoms. The van der Waals surface area contributed by atoms with Gasteiger partial charge < -0.3 is 8.98 Å². The number of aromatic nitrogens is 4. The number of nitrogens with zero attached hydrogens (tertiary/aromatic N) is 4. The SMILES string of the molecule is c1ccc(-c2cccc(-c3nc(-c4cccc(-c5ccccc5)c4)nc(-c4ccc(-n5c6ccccc6c6ccc(-c7cccc8c7oc7ccccc78)cc65)cc4-c4ccccc4)n3)c2)cc1.